The molecule has 0 saturated heterocycles. The lowest BCUT2D eigenvalue weighted by Gasteiger charge is -2.20. The standard InChI is InChI=1S/C7H17N3O/c1-3-5-10(6-4-2)9-7(8)11/h3-6H2,1-2H3,(H3,8,9,11). The van der Waals surface area contributed by atoms with Gasteiger partial charge in [-0.3, -0.25) is 5.43 Å². The van der Waals surface area contributed by atoms with Crippen molar-refractivity contribution in [3.63, 3.8) is 0 Å². The first-order valence-electron chi connectivity index (χ1n) is 4.01. The lowest BCUT2D eigenvalue weighted by Crippen LogP contribution is -2.45. The Morgan fingerprint density at radius 2 is 1.82 bits per heavy atom. The SMILES string of the molecule is CCCN(CCC)NC(N)=O. The fourth-order valence-corrected chi connectivity index (χ4v) is 0.919. The van der Waals surface area contributed by atoms with Gasteiger partial charge in [0.2, 0.25) is 0 Å². The number of amides is 2. The van der Waals surface area contributed by atoms with Crippen molar-refractivity contribution < 1.29 is 4.79 Å². The summed E-state index contributed by atoms with van der Waals surface area (Å²) in [5.74, 6) is 0. The molecule has 0 radical (unpaired) electrons. The molecular weight excluding hydrogens is 142 g/mol. The Morgan fingerprint density at radius 3 is 2.09 bits per heavy atom. The molecular formula is C7H17N3O. The van der Waals surface area contributed by atoms with Crippen molar-refractivity contribution in [2.45, 2.75) is 26.7 Å². The monoisotopic (exact) mass is 159 g/mol. The molecule has 0 aromatic carbocycles. The highest BCUT2D eigenvalue weighted by Gasteiger charge is 2.02. The van der Waals surface area contributed by atoms with E-state index in [2.05, 4.69) is 19.3 Å². The van der Waals surface area contributed by atoms with Gasteiger partial charge < -0.3 is 5.73 Å². The highest BCUT2D eigenvalue weighted by Crippen LogP contribution is 1.88. The minimum atomic E-state index is -0.480. The molecule has 0 bridgehead atoms. The molecule has 0 atom stereocenters. The minimum absolute atomic E-state index is 0.480. The Bertz CT molecular complexity index is 110. The number of rotatable bonds is 5. The number of hydrogen-bond acceptors (Lipinski definition) is 2. The summed E-state index contributed by atoms with van der Waals surface area (Å²) in [5.41, 5.74) is 7.52. The number of urea groups is 1. The van der Waals surface area contributed by atoms with Crippen molar-refractivity contribution in [2.24, 2.45) is 5.73 Å². The number of carbonyl (C=O) groups is 1. The van der Waals surface area contributed by atoms with Gasteiger partial charge in [0, 0.05) is 13.1 Å². The topological polar surface area (TPSA) is 58.4 Å². The van der Waals surface area contributed by atoms with Crippen LogP contribution in [0.15, 0.2) is 0 Å². The van der Waals surface area contributed by atoms with Crippen LogP contribution in [0.5, 0.6) is 0 Å². The Morgan fingerprint density at radius 1 is 1.36 bits per heavy atom. The van der Waals surface area contributed by atoms with Gasteiger partial charge in [-0.05, 0) is 12.8 Å². The third kappa shape index (κ3) is 5.66. The number of carbonyl (C=O) groups excluding carboxylic acids is 1. The molecule has 0 aliphatic carbocycles. The summed E-state index contributed by atoms with van der Waals surface area (Å²) in [4.78, 5) is 10.4. The third-order valence-electron chi connectivity index (χ3n) is 1.26. The molecule has 0 fully saturated rings. The molecule has 0 unspecified atom stereocenters. The number of nitrogens with one attached hydrogen (secondary N) is 1. The second-order valence-corrected chi connectivity index (χ2v) is 2.46. The maximum Gasteiger partial charge on any atom is 0.326 e. The van der Waals surface area contributed by atoms with E-state index in [-0.39, 0.29) is 0 Å². The van der Waals surface area contributed by atoms with Crippen LogP contribution < -0.4 is 11.2 Å². The Labute approximate surface area is 67.7 Å². The first-order chi connectivity index (χ1) is 5.20. The largest absolute Gasteiger partial charge is 0.351 e. The van der Waals surface area contributed by atoms with Crippen LogP contribution in [0.4, 0.5) is 4.79 Å². The van der Waals surface area contributed by atoms with Crippen LogP contribution >= 0.6 is 0 Å². The van der Waals surface area contributed by atoms with Crippen LogP contribution in [0.25, 0.3) is 0 Å². The van der Waals surface area contributed by atoms with Gasteiger partial charge in [0.15, 0.2) is 0 Å². The van der Waals surface area contributed by atoms with Crippen molar-refractivity contribution >= 4 is 6.03 Å². The second-order valence-electron chi connectivity index (χ2n) is 2.46. The number of hydrogen-bond donors (Lipinski definition) is 2. The minimum Gasteiger partial charge on any atom is -0.351 e. The zero-order chi connectivity index (χ0) is 8.69. The van der Waals surface area contributed by atoms with Gasteiger partial charge >= 0.3 is 6.03 Å². The van der Waals surface area contributed by atoms with E-state index >= 15 is 0 Å². The quantitative estimate of drug-likeness (QED) is 0.580. The molecule has 0 heterocycles. The van der Waals surface area contributed by atoms with Crippen LogP contribution in [-0.2, 0) is 0 Å². The number of hydrazine groups is 1. The molecule has 0 saturated carbocycles. The highest BCUT2D eigenvalue weighted by molar-refractivity contribution is 5.70. The Hall–Kier alpha value is -0.770. The third-order valence-corrected chi connectivity index (χ3v) is 1.26. The molecule has 4 heteroatoms. The molecule has 0 aromatic heterocycles. The van der Waals surface area contributed by atoms with Gasteiger partial charge in [-0.15, -0.1) is 0 Å². The normalized spacial score (nSPS) is 10.1. The molecule has 0 spiro atoms. The number of nitrogens with two attached hydrogens (primary N) is 1. The van der Waals surface area contributed by atoms with Gasteiger partial charge in [-0.2, -0.15) is 0 Å². The van der Waals surface area contributed by atoms with Crippen molar-refractivity contribution in [3.05, 3.63) is 0 Å². The maximum atomic E-state index is 10.4. The molecule has 0 rings (SSSR count). The molecule has 4 nitrogen and oxygen atoms in total. The molecule has 3 N–H and O–H groups in total. The van der Waals surface area contributed by atoms with Gasteiger partial charge in [0.05, 0.1) is 0 Å². The zero-order valence-electron chi connectivity index (χ0n) is 7.26. The fraction of sp³-hybridized carbons (Fsp3) is 0.857. The predicted molar refractivity (Wildman–Crippen MR) is 44.9 cm³/mol. The van der Waals surface area contributed by atoms with E-state index in [4.69, 9.17) is 5.73 Å². The summed E-state index contributed by atoms with van der Waals surface area (Å²) in [6.07, 6.45) is 2.03. The summed E-state index contributed by atoms with van der Waals surface area (Å²) in [7, 11) is 0. The van der Waals surface area contributed by atoms with E-state index in [9.17, 15) is 4.79 Å². The molecule has 0 aromatic rings. The van der Waals surface area contributed by atoms with Gasteiger partial charge in [0.1, 0.15) is 0 Å². The van der Waals surface area contributed by atoms with E-state index in [0.29, 0.717) is 0 Å². The highest BCUT2D eigenvalue weighted by atomic mass is 16.2. The molecule has 2 amide bonds. The average Bonchev–Trinajstić information content (AvgIpc) is 1.87. The lowest BCUT2D eigenvalue weighted by molar-refractivity contribution is 0.183. The summed E-state index contributed by atoms with van der Waals surface area (Å²) >= 11 is 0. The average molecular weight is 159 g/mol. The summed E-state index contributed by atoms with van der Waals surface area (Å²) in [6, 6.07) is -0.480. The molecule has 66 valence electrons. The van der Waals surface area contributed by atoms with Crippen molar-refractivity contribution in [1.82, 2.24) is 10.4 Å². The molecule has 0 aliphatic rings. The van der Waals surface area contributed by atoms with E-state index in [0.717, 1.165) is 25.9 Å². The van der Waals surface area contributed by atoms with Crippen LogP contribution in [0.1, 0.15) is 26.7 Å². The van der Waals surface area contributed by atoms with Crippen molar-refractivity contribution in [3.8, 4) is 0 Å². The van der Waals surface area contributed by atoms with E-state index in [1.807, 2.05) is 5.01 Å². The maximum absolute atomic E-state index is 10.4. The molecule has 11 heavy (non-hydrogen) atoms. The van der Waals surface area contributed by atoms with E-state index in [1.165, 1.54) is 0 Å². The van der Waals surface area contributed by atoms with Crippen LogP contribution in [-0.4, -0.2) is 24.1 Å². The molecule has 0 aliphatic heterocycles. The van der Waals surface area contributed by atoms with Crippen molar-refractivity contribution in [2.75, 3.05) is 13.1 Å². The summed E-state index contributed by atoms with van der Waals surface area (Å²) < 4.78 is 0. The van der Waals surface area contributed by atoms with Gasteiger partial charge in [-0.25, -0.2) is 9.80 Å². The predicted octanol–water partition coefficient (Wildman–Crippen LogP) is 0.692. The van der Waals surface area contributed by atoms with Gasteiger partial charge in [-0.1, -0.05) is 13.8 Å². The number of primary amides is 1. The smallest absolute Gasteiger partial charge is 0.326 e. The lowest BCUT2D eigenvalue weighted by atomic mass is 10.4. The van der Waals surface area contributed by atoms with Crippen LogP contribution in [0.2, 0.25) is 0 Å². The Kier molecular flexibility index (Phi) is 5.56. The summed E-state index contributed by atoms with van der Waals surface area (Å²) in [6.45, 7) is 5.84. The van der Waals surface area contributed by atoms with Gasteiger partial charge in [0.25, 0.3) is 0 Å². The van der Waals surface area contributed by atoms with E-state index < -0.39 is 6.03 Å². The first-order valence-corrected chi connectivity index (χ1v) is 4.01. The van der Waals surface area contributed by atoms with Crippen molar-refractivity contribution in [1.29, 1.82) is 0 Å². The second kappa shape index (κ2) is 5.97. The zero-order valence-corrected chi connectivity index (χ0v) is 7.26. The number of nitrogens with zero attached hydrogens (tertiary/aromatic N) is 1. The first kappa shape index (κ1) is 10.2. The Balaban J connectivity index is 3.59. The van der Waals surface area contributed by atoms with Crippen LogP contribution in [0.3, 0.4) is 0 Å². The van der Waals surface area contributed by atoms with E-state index in [1.54, 1.807) is 0 Å². The van der Waals surface area contributed by atoms with Crippen LogP contribution in [0, 0.1) is 0 Å². The fourth-order valence-electron chi connectivity index (χ4n) is 0.919. The summed E-state index contributed by atoms with van der Waals surface area (Å²) in [5, 5.41) is 1.84.